The first-order valence-electron chi connectivity index (χ1n) is 5.39. The van der Waals surface area contributed by atoms with Gasteiger partial charge in [-0.2, -0.15) is 11.3 Å². The minimum atomic E-state index is -0.575. The fourth-order valence-electron chi connectivity index (χ4n) is 1.99. The summed E-state index contributed by atoms with van der Waals surface area (Å²) in [7, 11) is 0. The number of aliphatic hydroxyl groups is 1. The predicted molar refractivity (Wildman–Crippen MR) is 70.1 cm³/mol. The lowest BCUT2D eigenvalue weighted by Gasteiger charge is -2.12. The molecule has 0 amide bonds. The quantitative estimate of drug-likeness (QED) is 0.746. The highest BCUT2D eigenvalue weighted by atomic mass is 32.1. The zero-order valence-corrected chi connectivity index (χ0v) is 9.89. The topological polar surface area (TPSA) is 33.1 Å². The van der Waals surface area contributed by atoms with Gasteiger partial charge in [0.2, 0.25) is 0 Å². The molecule has 0 fully saturated rings. The summed E-state index contributed by atoms with van der Waals surface area (Å²) < 4.78 is 0. The summed E-state index contributed by atoms with van der Waals surface area (Å²) >= 11 is 1.59. The van der Waals surface area contributed by atoms with E-state index in [0.717, 1.165) is 21.9 Å². The Bertz CT molecular complexity index is 628. The number of aliphatic hydroxyl groups excluding tert-OH is 1. The van der Waals surface area contributed by atoms with Crippen LogP contribution in [-0.2, 0) is 0 Å². The maximum absolute atomic E-state index is 10.4. The van der Waals surface area contributed by atoms with Gasteiger partial charge in [0.05, 0.1) is 0 Å². The van der Waals surface area contributed by atoms with E-state index >= 15 is 0 Å². The highest BCUT2D eigenvalue weighted by Gasteiger charge is 2.13. The van der Waals surface area contributed by atoms with Crippen molar-refractivity contribution in [3.05, 3.63) is 64.6 Å². The fourth-order valence-corrected chi connectivity index (χ4v) is 2.66. The first-order valence-corrected chi connectivity index (χ1v) is 6.33. The molecule has 3 rings (SSSR count). The standard InChI is InChI=1S/C14H11NOS/c16-14(11-5-7-17-9-11)12-3-1-2-10-4-6-15-8-13(10)12/h1-9,14,16H. The second-order valence-electron chi connectivity index (χ2n) is 3.90. The van der Waals surface area contributed by atoms with E-state index in [9.17, 15) is 5.11 Å². The summed E-state index contributed by atoms with van der Waals surface area (Å²) in [5.74, 6) is 0. The largest absolute Gasteiger partial charge is 0.384 e. The van der Waals surface area contributed by atoms with E-state index in [2.05, 4.69) is 4.98 Å². The van der Waals surface area contributed by atoms with Crippen molar-refractivity contribution in [1.82, 2.24) is 4.98 Å². The minimum Gasteiger partial charge on any atom is -0.384 e. The van der Waals surface area contributed by atoms with Gasteiger partial charge in [0, 0.05) is 17.8 Å². The van der Waals surface area contributed by atoms with Gasteiger partial charge in [0.25, 0.3) is 0 Å². The van der Waals surface area contributed by atoms with Crippen LogP contribution in [0.15, 0.2) is 53.5 Å². The number of nitrogens with zero attached hydrogens (tertiary/aromatic N) is 1. The Hall–Kier alpha value is -1.71. The highest BCUT2D eigenvalue weighted by molar-refractivity contribution is 7.08. The van der Waals surface area contributed by atoms with Gasteiger partial charge in [-0.15, -0.1) is 0 Å². The van der Waals surface area contributed by atoms with E-state index in [1.54, 1.807) is 23.7 Å². The third kappa shape index (κ3) is 1.84. The van der Waals surface area contributed by atoms with Crippen LogP contribution < -0.4 is 0 Å². The normalized spacial score (nSPS) is 12.8. The number of rotatable bonds is 2. The number of aromatic nitrogens is 1. The van der Waals surface area contributed by atoms with Gasteiger partial charge < -0.3 is 5.11 Å². The van der Waals surface area contributed by atoms with Crippen molar-refractivity contribution in [3.63, 3.8) is 0 Å². The third-order valence-electron chi connectivity index (χ3n) is 2.87. The van der Waals surface area contributed by atoms with Gasteiger partial charge >= 0.3 is 0 Å². The van der Waals surface area contributed by atoms with E-state index in [1.807, 2.05) is 41.1 Å². The lowest BCUT2D eigenvalue weighted by atomic mass is 9.99. The zero-order valence-electron chi connectivity index (χ0n) is 9.08. The van der Waals surface area contributed by atoms with E-state index < -0.39 is 6.10 Å². The molecule has 2 aromatic heterocycles. The lowest BCUT2D eigenvalue weighted by molar-refractivity contribution is 0.222. The SMILES string of the molecule is OC(c1ccsc1)c1cccc2ccncc12. The molecule has 3 heteroatoms. The molecule has 0 aliphatic rings. The van der Waals surface area contributed by atoms with Crippen LogP contribution in [0.2, 0.25) is 0 Å². The van der Waals surface area contributed by atoms with E-state index in [-0.39, 0.29) is 0 Å². The van der Waals surface area contributed by atoms with Gasteiger partial charge in [0.15, 0.2) is 0 Å². The van der Waals surface area contributed by atoms with Crippen LogP contribution in [0.1, 0.15) is 17.2 Å². The van der Waals surface area contributed by atoms with Gasteiger partial charge in [0.1, 0.15) is 6.10 Å². The van der Waals surface area contributed by atoms with Gasteiger partial charge in [-0.25, -0.2) is 0 Å². The first kappa shape index (κ1) is 10.4. The van der Waals surface area contributed by atoms with Crippen LogP contribution in [0.4, 0.5) is 0 Å². The van der Waals surface area contributed by atoms with Crippen molar-refractivity contribution in [2.75, 3.05) is 0 Å². The van der Waals surface area contributed by atoms with Crippen LogP contribution in [0.25, 0.3) is 10.8 Å². The molecule has 1 unspecified atom stereocenters. The van der Waals surface area contributed by atoms with Crippen molar-refractivity contribution in [1.29, 1.82) is 0 Å². The molecule has 0 saturated heterocycles. The Morgan fingerprint density at radius 3 is 2.94 bits per heavy atom. The van der Waals surface area contributed by atoms with Crippen LogP contribution >= 0.6 is 11.3 Å². The monoisotopic (exact) mass is 241 g/mol. The molecule has 2 heterocycles. The maximum Gasteiger partial charge on any atom is 0.106 e. The Kier molecular flexibility index (Phi) is 2.63. The number of benzene rings is 1. The molecule has 0 aliphatic heterocycles. The van der Waals surface area contributed by atoms with E-state index in [1.165, 1.54) is 0 Å². The molecule has 84 valence electrons. The van der Waals surface area contributed by atoms with E-state index in [0.29, 0.717) is 0 Å². The summed E-state index contributed by atoms with van der Waals surface area (Å²) in [5.41, 5.74) is 1.85. The van der Waals surface area contributed by atoms with Crippen LogP contribution in [0.3, 0.4) is 0 Å². The van der Waals surface area contributed by atoms with Gasteiger partial charge in [-0.3, -0.25) is 4.98 Å². The molecule has 0 aliphatic carbocycles. The van der Waals surface area contributed by atoms with Crippen molar-refractivity contribution in [2.24, 2.45) is 0 Å². The summed E-state index contributed by atoms with van der Waals surface area (Å²) in [4.78, 5) is 4.13. The summed E-state index contributed by atoms with van der Waals surface area (Å²) in [6, 6.07) is 9.85. The molecular weight excluding hydrogens is 230 g/mol. The average molecular weight is 241 g/mol. The number of thiophene rings is 1. The van der Waals surface area contributed by atoms with Crippen molar-refractivity contribution >= 4 is 22.1 Å². The van der Waals surface area contributed by atoms with Crippen molar-refractivity contribution in [3.8, 4) is 0 Å². The van der Waals surface area contributed by atoms with Crippen LogP contribution in [0, 0.1) is 0 Å². The number of hydrogen-bond donors (Lipinski definition) is 1. The average Bonchev–Trinajstić information content (AvgIpc) is 2.91. The number of fused-ring (bicyclic) bond motifs is 1. The highest BCUT2D eigenvalue weighted by Crippen LogP contribution is 2.29. The van der Waals surface area contributed by atoms with E-state index in [4.69, 9.17) is 0 Å². The summed E-state index contributed by atoms with van der Waals surface area (Å²) in [6.07, 6.45) is 3.00. The Morgan fingerprint density at radius 2 is 2.12 bits per heavy atom. The molecule has 1 atom stereocenters. The Balaban J connectivity index is 2.17. The molecule has 0 radical (unpaired) electrons. The second-order valence-corrected chi connectivity index (χ2v) is 4.68. The molecule has 0 saturated carbocycles. The molecule has 0 bridgehead atoms. The molecule has 1 N–H and O–H groups in total. The molecular formula is C14H11NOS. The molecule has 2 nitrogen and oxygen atoms in total. The summed E-state index contributed by atoms with van der Waals surface area (Å²) in [5, 5.41) is 16.4. The second kappa shape index (κ2) is 4.28. The summed E-state index contributed by atoms with van der Waals surface area (Å²) in [6.45, 7) is 0. The van der Waals surface area contributed by atoms with Gasteiger partial charge in [-0.1, -0.05) is 18.2 Å². The van der Waals surface area contributed by atoms with Gasteiger partial charge in [-0.05, 0) is 39.4 Å². The molecule has 3 aromatic rings. The first-order chi connectivity index (χ1) is 8.36. The fraction of sp³-hybridized carbons (Fsp3) is 0.0714. The smallest absolute Gasteiger partial charge is 0.106 e. The molecule has 0 spiro atoms. The Morgan fingerprint density at radius 1 is 1.18 bits per heavy atom. The lowest BCUT2D eigenvalue weighted by Crippen LogP contribution is -1.99. The predicted octanol–water partition coefficient (Wildman–Crippen LogP) is 3.38. The molecule has 1 aromatic carbocycles. The number of pyridine rings is 1. The van der Waals surface area contributed by atoms with Crippen molar-refractivity contribution in [2.45, 2.75) is 6.10 Å². The van der Waals surface area contributed by atoms with Crippen LogP contribution in [0.5, 0.6) is 0 Å². The van der Waals surface area contributed by atoms with Crippen LogP contribution in [-0.4, -0.2) is 10.1 Å². The third-order valence-corrected chi connectivity index (χ3v) is 3.57. The molecule has 17 heavy (non-hydrogen) atoms. The minimum absolute atomic E-state index is 0.575. The Labute approximate surface area is 103 Å². The zero-order chi connectivity index (χ0) is 11.7. The van der Waals surface area contributed by atoms with Crippen molar-refractivity contribution < 1.29 is 5.11 Å². The number of hydrogen-bond acceptors (Lipinski definition) is 3. The maximum atomic E-state index is 10.4.